The van der Waals surface area contributed by atoms with E-state index in [2.05, 4.69) is 15.5 Å². The fourth-order valence-corrected chi connectivity index (χ4v) is 3.93. The van der Waals surface area contributed by atoms with Crippen LogP contribution in [0.5, 0.6) is 0 Å². The third-order valence-electron chi connectivity index (χ3n) is 5.34. The van der Waals surface area contributed by atoms with Crippen LogP contribution in [0, 0.1) is 11.3 Å². The number of amides is 1. The summed E-state index contributed by atoms with van der Waals surface area (Å²) in [5, 5.41) is 14.8. The van der Waals surface area contributed by atoms with Crippen LogP contribution in [-0.2, 0) is 14.4 Å². The number of fused-ring (bicyclic) bond motifs is 1. The lowest BCUT2D eigenvalue weighted by molar-refractivity contribution is -0.139. The highest BCUT2D eigenvalue weighted by Gasteiger charge is 2.42. The molecule has 0 radical (unpaired) electrons. The van der Waals surface area contributed by atoms with Gasteiger partial charge in [0, 0.05) is 19.5 Å². The predicted octanol–water partition coefficient (Wildman–Crippen LogP) is 0.540. The first-order chi connectivity index (χ1) is 11.9. The molecule has 3 fully saturated rings. The van der Waals surface area contributed by atoms with Crippen molar-refractivity contribution >= 4 is 17.5 Å². The van der Waals surface area contributed by atoms with E-state index in [0.717, 1.165) is 25.9 Å². The SMILES string of the molecule is CC(=O)C(=O)[C@]1(CC#N)CCCN1.CC1NCC[C@H]2CCCN2C1=O. The Balaban J connectivity index is 0.000000181. The summed E-state index contributed by atoms with van der Waals surface area (Å²) in [5.41, 5.74) is -0.874. The van der Waals surface area contributed by atoms with Gasteiger partial charge in [-0.3, -0.25) is 14.4 Å². The molecule has 0 saturated carbocycles. The minimum Gasteiger partial charge on any atom is -0.338 e. The molecular weight excluding hydrogens is 320 g/mol. The Hall–Kier alpha value is -1.78. The van der Waals surface area contributed by atoms with Crippen molar-refractivity contribution in [3.63, 3.8) is 0 Å². The molecule has 0 aromatic heterocycles. The maximum absolute atomic E-state index is 11.7. The second kappa shape index (κ2) is 8.54. The van der Waals surface area contributed by atoms with E-state index in [-0.39, 0.29) is 12.5 Å². The Morgan fingerprint density at radius 3 is 2.68 bits per heavy atom. The average molecular weight is 348 g/mol. The zero-order valence-corrected chi connectivity index (χ0v) is 15.1. The highest BCUT2D eigenvalue weighted by atomic mass is 16.2. The molecule has 3 saturated heterocycles. The number of ketones is 2. The van der Waals surface area contributed by atoms with Gasteiger partial charge in [0.05, 0.1) is 24.1 Å². The van der Waals surface area contributed by atoms with Gasteiger partial charge >= 0.3 is 0 Å². The van der Waals surface area contributed by atoms with Crippen LogP contribution in [0.15, 0.2) is 0 Å². The first kappa shape index (κ1) is 19.5. The van der Waals surface area contributed by atoms with Gasteiger partial charge in [-0.15, -0.1) is 0 Å². The molecule has 7 nitrogen and oxygen atoms in total. The third kappa shape index (κ3) is 4.44. The monoisotopic (exact) mass is 348 g/mol. The van der Waals surface area contributed by atoms with Crippen molar-refractivity contribution in [2.45, 2.75) is 70.0 Å². The van der Waals surface area contributed by atoms with Gasteiger partial charge in [0.1, 0.15) is 0 Å². The molecule has 0 aliphatic carbocycles. The number of nitrogens with one attached hydrogen (secondary N) is 2. The van der Waals surface area contributed by atoms with E-state index >= 15 is 0 Å². The van der Waals surface area contributed by atoms with Crippen LogP contribution in [0.1, 0.15) is 52.4 Å². The maximum Gasteiger partial charge on any atom is 0.239 e. The Labute approximate surface area is 149 Å². The van der Waals surface area contributed by atoms with Crippen LogP contribution in [0.4, 0.5) is 0 Å². The summed E-state index contributed by atoms with van der Waals surface area (Å²) in [6.45, 7) is 5.90. The maximum atomic E-state index is 11.7. The zero-order chi connectivity index (χ0) is 18.4. The summed E-state index contributed by atoms with van der Waals surface area (Å²) in [4.78, 5) is 36.2. The van der Waals surface area contributed by atoms with Crippen molar-refractivity contribution in [3.05, 3.63) is 0 Å². The van der Waals surface area contributed by atoms with E-state index in [1.165, 1.54) is 19.8 Å². The van der Waals surface area contributed by atoms with Crippen LogP contribution >= 0.6 is 0 Å². The number of Topliss-reactive ketones (excluding diaryl/α,β-unsaturated/α-hetero) is 2. The number of hydrogen-bond acceptors (Lipinski definition) is 6. The fraction of sp³-hybridized carbons (Fsp3) is 0.778. The molecule has 1 unspecified atom stereocenters. The molecule has 7 heteroatoms. The van der Waals surface area contributed by atoms with Crippen LogP contribution in [-0.4, -0.2) is 59.6 Å². The summed E-state index contributed by atoms with van der Waals surface area (Å²) in [6, 6.07) is 2.52. The number of nitrogens with zero attached hydrogens (tertiary/aromatic N) is 2. The van der Waals surface area contributed by atoms with Crippen LogP contribution in [0.2, 0.25) is 0 Å². The second-order valence-electron chi connectivity index (χ2n) is 7.12. The highest BCUT2D eigenvalue weighted by molar-refractivity contribution is 6.39. The second-order valence-corrected chi connectivity index (χ2v) is 7.12. The first-order valence-electron chi connectivity index (χ1n) is 9.12. The lowest BCUT2D eigenvalue weighted by atomic mass is 9.87. The van der Waals surface area contributed by atoms with E-state index in [9.17, 15) is 14.4 Å². The van der Waals surface area contributed by atoms with Crippen molar-refractivity contribution < 1.29 is 14.4 Å². The molecule has 3 aliphatic heterocycles. The number of carbonyl (C=O) groups excluding carboxylic acids is 3. The van der Waals surface area contributed by atoms with Crippen molar-refractivity contribution in [1.82, 2.24) is 15.5 Å². The Bertz CT molecular complexity index is 563. The minimum absolute atomic E-state index is 0.0353. The lowest BCUT2D eigenvalue weighted by Crippen LogP contribution is -2.50. The van der Waals surface area contributed by atoms with Gasteiger partial charge in [-0.1, -0.05) is 0 Å². The average Bonchev–Trinajstić information content (AvgIpc) is 3.22. The standard InChI is InChI=1S/C9H12N2O2.C9H16N2O/c1-7(12)8(13)9(4-5-10)3-2-6-11-9;1-7-9(12)11-6-2-3-8(11)4-5-10-7/h11H,2-4,6H2,1H3;7-8,10H,2-6H2,1H3/t9-;7?,8-/m11/s1. The molecule has 1 amide bonds. The Morgan fingerprint density at radius 1 is 1.32 bits per heavy atom. The van der Waals surface area contributed by atoms with Crippen molar-refractivity contribution in [1.29, 1.82) is 5.26 Å². The molecule has 0 spiro atoms. The predicted molar refractivity (Wildman–Crippen MR) is 92.7 cm³/mol. The number of carbonyl (C=O) groups is 3. The molecule has 3 aliphatic rings. The van der Waals surface area contributed by atoms with Crippen molar-refractivity contribution in [3.8, 4) is 6.07 Å². The molecule has 3 heterocycles. The molecule has 0 bridgehead atoms. The van der Waals surface area contributed by atoms with Crippen molar-refractivity contribution in [2.75, 3.05) is 19.6 Å². The zero-order valence-electron chi connectivity index (χ0n) is 15.1. The number of rotatable bonds is 3. The topological polar surface area (TPSA) is 102 Å². The largest absolute Gasteiger partial charge is 0.338 e. The van der Waals surface area contributed by atoms with Gasteiger partial charge < -0.3 is 15.5 Å². The van der Waals surface area contributed by atoms with Crippen LogP contribution < -0.4 is 10.6 Å². The summed E-state index contributed by atoms with van der Waals surface area (Å²) in [7, 11) is 0. The van der Waals surface area contributed by atoms with Gasteiger partial charge in [0.25, 0.3) is 0 Å². The normalized spacial score (nSPS) is 31.4. The van der Waals surface area contributed by atoms with Crippen molar-refractivity contribution in [2.24, 2.45) is 0 Å². The van der Waals surface area contributed by atoms with Crippen LogP contribution in [0.3, 0.4) is 0 Å². The smallest absolute Gasteiger partial charge is 0.239 e. The van der Waals surface area contributed by atoms with E-state index < -0.39 is 17.1 Å². The third-order valence-corrected chi connectivity index (χ3v) is 5.34. The van der Waals surface area contributed by atoms with Gasteiger partial charge in [-0.25, -0.2) is 0 Å². The molecule has 25 heavy (non-hydrogen) atoms. The number of hydrogen-bond donors (Lipinski definition) is 2. The Morgan fingerprint density at radius 2 is 2.08 bits per heavy atom. The summed E-state index contributed by atoms with van der Waals surface area (Å²) in [6.07, 6.45) is 5.07. The first-order valence-corrected chi connectivity index (χ1v) is 9.12. The van der Waals surface area contributed by atoms with E-state index in [0.29, 0.717) is 24.9 Å². The van der Waals surface area contributed by atoms with Gasteiger partial charge in [0.15, 0.2) is 5.78 Å². The molecule has 0 aromatic carbocycles. The lowest BCUT2D eigenvalue weighted by Gasteiger charge is -2.23. The van der Waals surface area contributed by atoms with E-state index in [1.54, 1.807) is 0 Å². The molecular formula is C18H28N4O3. The highest BCUT2D eigenvalue weighted by Crippen LogP contribution is 2.24. The molecule has 3 rings (SSSR count). The van der Waals surface area contributed by atoms with E-state index in [4.69, 9.17) is 5.26 Å². The quantitative estimate of drug-likeness (QED) is 0.722. The van der Waals surface area contributed by atoms with Gasteiger partial charge in [-0.05, 0) is 52.1 Å². The summed E-state index contributed by atoms with van der Waals surface area (Å²) < 4.78 is 0. The fourth-order valence-electron chi connectivity index (χ4n) is 3.93. The number of nitriles is 1. The molecule has 2 N–H and O–H groups in total. The van der Waals surface area contributed by atoms with Gasteiger partial charge in [0.2, 0.25) is 11.7 Å². The molecule has 3 atom stereocenters. The molecule has 138 valence electrons. The summed E-state index contributed by atoms with van der Waals surface area (Å²) in [5.74, 6) is -0.619. The van der Waals surface area contributed by atoms with Gasteiger partial charge in [-0.2, -0.15) is 5.26 Å². The Kier molecular flexibility index (Phi) is 6.68. The minimum atomic E-state index is -0.874. The summed E-state index contributed by atoms with van der Waals surface area (Å²) >= 11 is 0. The van der Waals surface area contributed by atoms with E-state index in [1.807, 2.05) is 13.0 Å². The van der Waals surface area contributed by atoms with Crippen LogP contribution in [0.25, 0.3) is 0 Å². The molecule has 0 aromatic rings.